The van der Waals surface area contributed by atoms with Crippen LogP contribution >= 0.6 is 0 Å². The number of carboxylic acid groups (broad SMARTS) is 1. The Morgan fingerprint density at radius 2 is 2.05 bits per heavy atom. The Kier molecular flexibility index (Phi) is 5.99. The maximum Gasteiger partial charge on any atom is 0.337 e. The van der Waals surface area contributed by atoms with Crippen molar-refractivity contribution in [3.63, 3.8) is 0 Å². The van der Waals surface area contributed by atoms with Gasteiger partial charge in [-0.1, -0.05) is 6.07 Å². The first-order valence-corrected chi connectivity index (χ1v) is 6.22. The van der Waals surface area contributed by atoms with Crippen LogP contribution in [0.3, 0.4) is 0 Å². The number of hydrogen-bond donors (Lipinski definition) is 2. The minimum atomic E-state index is -1.66. The first kappa shape index (κ1) is 16.0. The average Bonchev–Trinajstić information content (AvgIpc) is 2.44. The number of rotatable bonds is 7. The van der Waals surface area contributed by atoms with E-state index in [9.17, 15) is 14.7 Å². The molecular weight excluding hydrogens is 264 g/mol. The Labute approximate surface area is 116 Å². The summed E-state index contributed by atoms with van der Waals surface area (Å²) in [4.78, 5) is 22.1. The second-order valence-electron chi connectivity index (χ2n) is 4.12. The van der Waals surface area contributed by atoms with E-state index in [1.54, 1.807) is 19.1 Å². The number of aryl methyl sites for hydroxylation is 1. The standard InChI is InChI=1S/C14H18O6/c1-3-20-12(15)7-5-9-4-6-11(19-2)10(8-9)13(16)14(17)18/h4,6,8,13,16H,3,5,7H2,1-2H3,(H,17,18). The summed E-state index contributed by atoms with van der Waals surface area (Å²) in [6, 6.07) is 4.81. The summed E-state index contributed by atoms with van der Waals surface area (Å²) in [6.07, 6.45) is -1.06. The molecule has 6 heteroatoms. The van der Waals surface area contributed by atoms with Gasteiger partial charge in [0.1, 0.15) is 5.75 Å². The van der Waals surface area contributed by atoms with Crippen molar-refractivity contribution in [2.45, 2.75) is 25.9 Å². The maximum absolute atomic E-state index is 11.3. The number of ether oxygens (including phenoxy) is 2. The number of carbonyl (C=O) groups excluding carboxylic acids is 1. The predicted molar refractivity (Wildman–Crippen MR) is 70.5 cm³/mol. The normalized spacial score (nSPS) is 11.8. The number of carbonyl (C=O) groups is 2. The molecule has 2 N–H and O–H groups in total. The van der Waals surface area contributed by atoms with E-state index >= 15 is 0 Å². The van der Waals surface area contributed by atoms with Gasteiger partial charge >= 0.3 is 11.9 Å². The molecule has 0 amide bonds. The summed E-state index contributed by atoms with van der Waals surface area (Å²) < 4.78 is 9.84. The fourth-order valence-electron chi connectivity index (χ4n) is 1.77. The zero-order chi connectivity index (χ0) is 15.1. The highest BCUT2D eigenvalue weighted by Crippen LogP contribution is 2.27. The minimum absolute atomic E-state index is 0.168. The van der Waals surface area contributed by atoms with Gasteiger partial charge < -0.3 is 19.7 Å². The van der Waals surface area contributed by atoms with Crippen LogP contribution in [-0.4, -0.2) is 35.9 Å². The van der Waals surface area contributed by atoms with Gasteiger partial charge in [-0.05, 0) is 31.0 Å². The third-order valence-electron chi connectivity index (χ3n) is 2.75. The molecule has 0 spiro atoms. The van der Waals surface area contributed by atoms with Crippen molar-refractivity contribution in [1.82, 2.24) is 0 Å². The molecule has 1 unspecified atom stereocenters. The molecular formula is C14H18O6. The smallest absolute Gasteiger partial charge is 0.337 e. The van der Waals surface area contributed by atoms with E-state index in [1.165, 1.54) is 13.2 Å². The highest BCUT2D eigenvalue weighted by atomic mass is 16.5. The van der Waals surface area contributed by atoms with E-state index in [0.29, 0.717) is 18.8 Å². The lowest BCUT2D eigenvalue weighted by Gasteiger charge is -2.13. The number of carboxylic acids is 1. The second-order valence-corrected chi connectivity index (χ2v) is 4.12. The summed E-state index contributed by atoms with van der Waals surface area (Å²) in [6.45, 7) is 2.05. The van der Waals surface area contributed by atoms with E-state index in [-0.39, 0.29) is 18.0 Å². The summed E-state index contributed by atoms with van der Waals surface area (Å²) in [5.74, 6) is -1.38. The molecule has 0 radical (unpaired) electrons. The number of benzene rings is 1. The fourth-order valence-corrected chi connectivity index (χ4v) is 1.77. The summed E-state index contributed by atoms with van der Waals surface area (Å²) >= 11 is 0. The van der Waals surface area contributed by atoms with Gasteiger partial charge in [0.05, 0.1) is 13.7 Å². The van der Waals surface area contributed by atoms with Gasteiger partial charge in [0.2, 0.25) is 0 Å². The monoisotopic (exact) mass is 282 g/mol. The zero-order valence-corrected chi connectivity index (χ0v) is 11.5. The van der Waals surface area contributed by atoms with Gasteiger partial charge in [-0.2, -0.15) is 0 Å². The molecule has 20 heavy (non-hydrogen) atoms. The van der Waals surface area contributed by atoms with Crippen molar-refractivity contribution < 1.29 is 29.3 Å². The fraction of sp³-hybridized carbons (Fsp3) is 0.429. The lowest BCUT2D eigenvalue weighted by atomic mass is 10.0. The molecule has 0 aliphatic carbocycles. The Balaban J connectivity index is 2.87. The number of methoxy groups -OCH3 is 1. The van der Waals surface area contributed by atoms with Crippen LogP contribution in [0.2, 0.25) is 0 Å². The third-order valence-corrected chi connectivity index (χ3v) is 2.75. The number of aliphatic hydroxyl groups is 1. The summed E-state index contributed by atoms with van der Waals surface area (Å²) in [5, 5.41) is 18.5. The molecule has 1 aromatic rings. The van der Waals surface area contributed by atoms with Gasteiger partial charge in [0, 0.05) is 12.0 Å². The molecule has 0 heterocycles. The molecule has 6 nitrogen and oxygen atoms in total. The third kappa shape index (κ3) is 4.24. The van der Waals surface area contributed by atoms with Gasteiger partial charge in [0.25, 0.3) is 0 Å². The van der Waals surface area contributed by atoms with Gasteiger partial charge in [-0.15, -0.1) is 0 Å². The molecule has 0 aromatic heterocycles. The highest BCUT2D eigenvalue weighted by Gasteiger charge is 2.20. The van der Waals surface area contributed by atoms with Gasteiger partial charge in [0.15, 0.2) is 6.10 Å². The van der Waals surface area contributed by atoms with E-state index in [0.717, 1.165) is 5.56 Å². The molecule has 110 valence electrons. The molecule has 0 fully saturated rings. The molecule has 0 aliphatic heterocycles. The van der Waals surface area contributed by atoms with Crippen molar-refractivity contribution in [3.05, 3.63) is 29.3 Å². The molecule has 0 saturated carbocycles. The van der Waals surface area contributed by atoms with Crippen LogP contribution in [0.25, 0.3) is 0 Å². The number of hydrogen-bond acceptors (Lipinski definition) is 5. The van der Waals surface area contributed by atoms with Gasteiger partial charge in [-0.25, -0.2) is 4.79 Å². The first-order chi connectivity index (χ1) is 9.49. The van der Waals surface area contributed by atoms with E-state index < -0.39 is 12.1 Å². The maximum atomic E-state index is 11.3. The molecule has 0 saturated heterocycles. The Hall–Kier alpha value is -2.08. The van der Waals surface area contributed by atoms with Gasteiger partial charge in [-0.3, -0.25) is 4.79 Å². The number of esters is 1. The second kappa shape index (κ2) is 7.49. The van der Waals surface area contributed by atoms with Crippen molar-refractivity contribution >= 4 is 11.9 Å². The molecule has 0 aliphatic rings. The Morgan fingerprint density at radius 3 is 2.60 bits per heavy atom. The van der Waals surface area contributed by atoms with E-state index in [2.05, 4.69) is 0 Å². The van der Waals surface area contributed by atoms with Crippen LogP contribution in [0.4, 0.5) is 0 Å². The Morgan fingerprint density at radius 1 is 1.35 bits per heavy atom. The van der Waals surface area contributed by atoms with E-state index in [4.69, 9.17) is 14.6 Å². The summed E-state index contributed by atoms with van der Waals surface area (Å²) in [7, 11) is 1.39. The van der Waals surface area contributed by atoms with Crippen molar-refractivity contribution in [3.8, 4) is 5.75 Å². The average molecular weight is 282 g/mol. The quantitative estimate of drug-likeness (QED) is 0.732. The zero-order valence-electron chi connectivity index (χ0n) is 11.5. The summed E-state index contributed by atoms with van der Waals surface area (Å²) in [5.41, 5.74) is 0.899. The SMILES string of the molecule is CCOC(=O)CCc1ccc(OC)c(C(O)C(=O)O)c1. The lowest BCUT2D eigenvalue weighted by molar-refractivity contribution is -0.147. The van der Waals surface area contributed by atoms with Crippen molar-refractivity contribution in [2.75, 3.05) is 13.7 Å². The highest BCUT2D eigenvalue weighted by molar-refractivity contribution is 5.75. The molecule has 1 atom stereocenters. The van der Waals surface area contributed by atoms with Crippen LogP contribution in [0, 0.1) is 0 Å². The molecule has 1 rings (SSSR count). The Bertz CT molecular complexity index is 483. The van der Waals surface area contributed by atoms with Crippen molar-refractivity contribution in [2.24, 2.45) is 0 Å². The number of aliphatic hydroxyl groups excluding tert-OH is 1. The number of aliphatic carboxylic acids is 1. The largest absolute Gasteiger partial charge is 0.496 e. The molecule has 1 aromatic carbocycles. The first-order valence-electron chi connectivity index (χ1n) is 6.22. The van der Waals surface area contributed by atoms with Crippen LogP contribution in [0.15, 0.2) is 18.2 Å². The minimum Gasteiger partial charge on any atom is -0.496 e. The van der Waals surface area contributed by atoms with Crippen LogP contribution in [0.1, 0.15) is 30.6 Å². The van der Waals surface area contributed by atoms with Crippen LogP contribution in [-0.2, 0) is 20.7 Å². The molecule has 0 bridgehead atoms. The predicted octanol–water partition coefficient (Wildman–Crippen LogP) is 1.31. The lowest BCUT2D eigenvalue weighted by Crippen LogP contribution is -2.12. The van der Waals surface area contributed by atoms with Crippen LogP contribution in [0.5, 0.6) is 5.75 Å². The van der Waals surface area contributed by atoms with Crippen LogP contribution < -0.4 is 4.74 Å². The van der Waals surface area contributed by atoms with E-state index in [1.807, 2.05) is 0 Å². The topological polar surface area (TPSA) is 93.1 Å². The van der Waals surface area contributed by atoms with Crippen molar-refractivity contribution in [1.29, 1.82) is 0 Å².